The fraction of sp³-hybridized carbons (Fsp3) is 0.235. The number of anilines is 1. The number of amides is 1. The standard InChI is InChI=1S/C17H18FNOS/c1-12-6-7-13(2)14(8-12)10-21-11-17(20)19-16-5-3-4-15(18)9-16/h3-9H,10-11H2,1-2H3,(H,19,20). The molecular weight excluding hydrogens is 285 g/mol. The topological polar surface area (TPSA) is 29.1 Å². The zero-order valence-electron chi connectivity index (χ0n) is 12.2. The Morgan fingerprint density at radius 2 is 2.00 bits per heavy atom. The Bertz CT molecular complexity index is 642. The molecule has 110 valence electrons. The molecule has 0 radical (unpaired) electrons. The molecule has 2 nitrogen and oxygen atoms in total. The van der Waals surface area contributed by atoms with Gasteiger partial charge in [-0.2, -0.15) is 0 Å². The number of nitrogens with one attached hydrogen (secondary N) is 1. The number of halogens is 1. The molecular formula is C17H18FNOS. The molecule has 2 rings (SSSR count). The van der Waals surface area contributed by atoms with Gasteiger partial charge in [-0.15, -0.1) is 11.8 Å². The molecule has 0 saturated carbocycles. The highest BCUT2D eigenvalue weighted by molar-refractivity contribution is 7.99. The van der Waals surface area contributed by atoms with Crippen molar-refractivity contribution >= 4 is 23.4 Å². The SMILES string of the molecule is Cc1ccc(C)c(CSCC(=O)Nc2cccc(F)c2)c1. The molecule has 0 saturated heterocycles. The third-order valence-corrected chi connectivity index (χ3v) is 4.09. The first-order valence-electron chi connectivity index (χ1n) is 6.74. The predicted octanol–water partition coefficient (Wildman–Crippen LogP) is 4.31. The van der Waals surface area contributed by atoms with Crippen LogP contribution in [0.4, 0.5) is 10.1 Å². The second kappa shape index (κ2) is 7.27. The molecule has 0 aromatic heterocycles. The van der Waals surface area contributed by atoms with Crippen LogP contribution in [0, 0.1) is 19.7 Å². The summed E-state index contributed by atoms with van der Waals surface area (Å²) < 4.78 is 13.0. The zero-order valence-corrected chi connectivity index (χ0v) is 13.0. The van der Waals surface area contributed by atoms with Crippen molar-refractivity contribution in [2.45, 2.75) is 19.6 Å². The van der Waals surface area contributed by atoms with Crippen LogP contribution < -0.4 is 5.32 Å². The number of hydrogen-bond donors (Lipinski definition) is 1. The molecule has 2 aromatic carbocycles. The van der Waals surface area contributed by atoms with Crippen LogP contribution in [0.3, 0.4) is 0 Å². The van der Waals surface area contributed by atoms with E-state index < -0.39 is 0 Å². The third kappa shape index (κ3) is 4.90. The Labute approximate surface area is 128 Å². The van der Waals surface area contributed by atoms with Gasteiger partial charge in [0.1, 0.15) is 5.82 Å². The van der Waals surface area contributed by atoms with E-state index in [-0.39, 0.29) is 11.7 Å². The highest BCUT2D eigenvalue weighted by atomic mass is 32.2. The van der Waals surface area contributed by atoms with Crippen LogP contribution in [0.2, 0.25) is 0 Å². The minimum atomic E-state index is -0.351. The number of rotatable bonds is 5. The average molecular weight is 303 g/mol. The lowest BCUT2D eigenvalue weighted by molar-refractivity contribution is -0.113. The third-order valence-electron chi connectivity index (χ3n) is 3.10. The van der Waals surface area contributed by atoms with Crippen molar-refractivity contribution in [1.82, 2.24) is 0 Å². The van der Waals surface area contributed by atoms with Gasteiger partial charge in [-0.1, -0.05) is 29.8 Å². The van der Waals surface area contributed by atoms with Crippen molar-refractivity contribution in [2.24, 2.45) is 0 Å². The van der Waals surface area contributed by atoms with E-state index >= 15 is 0 Å². The van der Waals surface area contributed by atoms with E-state index in [0.717, 1.165) is 5.75 Å². The molecule has 0 aliphatic rings. The number of carbonyl (C=O) groups excluding carboxylic acids is 1. The zero-order chi connectivity index (χ0) is 15.2. The van der Waals surface area contributed by atoms with Crippen molar-refractivity contribution in [3.63, 3.8) is 0 Å². The highest BCUT2D eigenvalue weighted by Crippen LogP contribution is 2.18. The largest absolute Gasteiger partial charge is 0.325 e. The van der Waals surface area contributed by atoms with Crippen LogP contribution in [-0.2, 0) is 10.5 Å². The van der Waals surface area contributed by atoms with Crippen LogP contribution in [0.5, 0.6) is 0 Å². The second-order valence-electron chi connectivity index (χ2n) is 4.98. The smallest absolute Gasteiger partial charge is 0.234 e. The van der Waals surface area contributed by atoms with Gasteiger partial charge in [-0.05, 0) is 43.2 Å². The molecule has 0 heterocycles. The molecule has 0 bridgehead atoms. The first kappa shape index (κ1) is 15.6. The Morgan fingerprint density at radius 1 is 1.19 bits per heavy atom. The number of carbonyl (C=O) groups is 1. The fourth-order valence-electron chi connectivity index (χ4n) is 1.97. The Morgan fingerprint density at radius 3 is 2.76 bits per heavy atom. The van der Waals surface area contributed by atoms with E-state index in [1.54, 1.807) is 23.9 Å². The first-order chi connectivity index (χ1) is 10.0. The molecule has 0 unspecified atom stereocenters. The molecule has 4 heteroatoms. The molecule has 21 heavy (non-hydrogen) atoms. The van der Waals surface area contributed by atoms with E-state index in [2.05, 4.69) is 37.4 Å². The summed E-state index contributed by atoms with van der Waals surface area (Å²) in [6.45, 7) is 4.13. The summed E-state index contributed by atoms with van der Waals surface area (Å²) in [4.78, 5) is 11.8. The van der Waals surface area contributed by atoms with E-state index in [1.165, 1.54) is 28.8 Å². The minimum Gasteiger partial charge on any atom is -0.325 e. The highest BCUT2D eigenvalue weighted by Gasteiger charge is 2.05. The lowest BCUT2D eigenvalue weighted by atomic mass is 10.1. The summed E-state index contributed by atoms with van der Waals surface area (Å²) in [6.07, 6.45) is 0. The molecule has 0 fully saturated rings. The van der Waals surface area contributed by atoms with E-state index in [4.69, 9.17) is 0 Å². The summed E-state index contributed by atoms with van der Waals surface area (Å²) in [5.74, 6) is 0.681. The normalized spacial score (nSPS) is 10.4. The van der Waals surface area contributed by atoms with Gasteiger partial charge in [0.05, 0.1) is 5.75 Å². The minimum absolute atomic E-state index is 0.115. The maximum absolute atomic E-state index is 13.0. The number of hydrogen-bond acceptors (Lipinski definition) is 2. The summed E-state index contributed by atoms with van der Waals surface area (Å²) in [5, 5.41) is 2.70. The second-order valence-corrected chi connectivity index (χ2v) is 5.97. The van der Waals surface area contributed by atoms with Gasteiger partial charge in [-0.3, -0.25) is 4.79 Å². The average Bonchev–Trinajstić information content (AvgIpc) is 2.42. The van der Waals surface area contributed by atoms with Crippen molar-refractivity contribution in [3.05, 3.63) is 65.0 Å². The van der Waals surface area contributed by atoms with Crippen molar-refractivity contribution in [2.75, 3.05) is 11.1 Å². The van der Waals surface area contributed by atoms with E-state index in [1.807, 2.05) is 0 Å². The van der Waals surface area contributed by atoms with Crippen molar-refractivity contribution < 1.29 is 9.18 Å². The van der Waals surface area contributed by atoms with Crippen LogP contribution in [0.15, 0.2) is 42.5 Å². The van der Waals surface area contributed by atoms with Gasteiger partial charge in [-0.25, -0.2) is 4.39 Å². The first-order valence-corrected chi connectivity index (χ1v) is 7.89. The molecule has 1 amide bonds. The van der Waals surface area contributed by atoms with Crippen molar-refractivity contribution in [1.29, 1.82) is 0 Å². The monoisotopic (exact) mass is 303 g/mol. The quantitative estimate of drug-likeness (QED) is 0.891. The number of benzene rings is 2. The van der Waals surface area contributed by atoms with Crippen LogP contribution in [-0.4, -0.2) is 11.7 Å². The van der Waals surface area contributed by atoms with Gasteiger partial charge in [0, 0.05) is 11.4 Å². The molecule has 0 spiro atoms. The number of aryl methyl sites for hydroxylation is 2. The van der Waals surface area contributed by atoms with Gasteiger partial charge >= 0.3 is 0 Å². The molecule has 0 atom stereocenters. The van der Waals surface area contributed by atoms with Crippen LogP contribution >= 0.6 is 11.8 Å². The van der Waals surface area contributed by atoms with Crippen molar-refractivity contribution in [3.8, 4) is 0 Å². The van der Waals surface area contributed by atoms with E-state index in [9.17, 15) is 9.18 Å². The Kier molecular flexibility index (Phi) is 5.39. The molecule has 2 aromatic rings. The maximum Gasteiger partial charge on any atom is 0.234 e. The van der Waals surface area contributed by atoms with Crippen LogP contribution in [0.25, 0.3) is 0 Å². The predicted molar refractivity (Wildman–Crippen MR) is 87.1 cm³/mol. The Balaban J connectivity index is 1.83. The maximum atomic E-state index is 13.0. The summed E-state index contributed by atoms with van der Waals surface area (Å²) >= 11 is 1.55. The molecule has 0 aliphatic carbocycles. The number of thioether (sulfide) groups is 1. The van der Waals surface area contributed by atoms with Gasteiger partial charge in [0.25, 0.3) is 0 Å². The Hall–Kier alpha value is -1.81. The van der Waals surface area contributed by atoms with Gasteiger partial charge < -0.3 is 5.32 Å². The summed E-state index contributed by atoms with van der Waals surface area (Å²) in [6, 6.07) is 12.2. The molecule has 1 N–H and O–H groups in total. The molecule has 0 aliphatic heterocycles. The summed E-state index contributed by atoms with van der Waals surface area (Å²) in [5.41, 5.74) is 4.20. The summed E-state index contributed by atoms with van der Waals surface area (Å²) in [7, 11) is 0. The lowest BCUT2D eigenvalue weighted by Gasteiger charge is -2.08. The van der Waals surface area contributed by atoms with E-state index in [0.29, 0.717) is 11.4 Å². The lowest BCUT2D eigenvalue weighted by Crippen LogP contribution is -2.14. The fourth-order valence-corrected chi connectivity index (χ4v) is 2.86. The van der Waals surface area contributed by atoms with Gasteiger partial charge in [0.2, 0.25) is 5.91 Å². The van der Waals surface area contributed by atoms with Crippen LogP contribution in [0.1, 0.15) is 16.7 Å². The van der Waals surface area contributed by atoms with Gasteiger partial charge in [0.15, 0.2) is 0 Å².